The molecule has 0 bridgehead atoms. The fourth-order valence-corrected chi connectivity index (χ4v) is 2.99. The van der Waals surface area contributed by atoms with Crippen molar-refractivity contribution in [2.45, 2.75) is 11.2 Å². The van der Waals surface area contributed by atoms with Crippen molar-refractivity contribution in [3.05, 3.63) is 26.8 Å². The highest BCUT2D eigenvalue weighted by Crippen LogP contribution is 2.32. The molecular weight excluding hydrogens is 392 g/mol. The lowest BCUT2D eigenvalue weighted by Crippen LogP contribution is -2.27. The van der Waals surface area contributed by atoms with Gasteiger partial charge in [0, 0.05) is 10.1 Å². The van der Waals surface area contributed by atoms with Gasteiger partial charge >= 0.3 is 0 Å². The highest BCUT2D eigenvalue weighted by atomic mass is 127. The Balaban J connectivity index is 2.34. The van der Waals surface area contributed by atoms with E-state index >= 15 is 0 Å². The summed E-state index contributed by atoms with van der Waals surface area (Å²) < 4.78 is 1.07. The van der Waals surface area contributed by atoms with Gasteiger partial charge in [-0.25, -0.2) is 0 Å². The smallest absolute Gasteiger partial charge is 0.240 e. The Morgan fingerprint density at radius 1 is 1.53 bits per heavy atom. The molecule has 1 amide bonds. The molecule has 1 atom stereocenters. The van der Waals surface area contributed by atoms with Gasteiger partial charge in [0.15, 0.2) is 0 Å². The summed E-state index contributed by atoms with van der Waals surface area (Å²) in [6, 6.07) is 5.72. The maximum atomic E-state index is 11.8. The molecule has 1 aliphatic heterocycles. The third-order valence-corrected chi connectivity index (χ3v) is 4.16. The van der Waals surface area contributed by atoms with Crippen molar-refractivity contribution in [3.8, 4) is 0 Å². The molecule has 1 aliphatic rings. The van der Waals surface area contributed by atoms with Gasteiger partial charge in [0.25, 0.3) is 0 Å². The first-order valence-corrected chi connectivity index (χ1v) is 6.87. The monoisotopic (exact) mass is 399 g/mol. The van der Waals surface area contributed by atoms with E-state index in [0.29, 0.717) is 5.02 Å². The third kappa shape index (κ3) is 2.31. The normalized spacial score (nSPS) is 21.1. The molecule has 2 rings (SSSR count). The van der Waals surface area contributed by atoms with Gasteiger partial charge in [0.2, 0.25) is 5.91 Å². The van der Waals surface area contributed by atoms with Crippen molar-refractivity contribution in [2.24, 2.45) is 0 Å². The van der Waals surface area contributed by atoms with Crippen LogP contribution in [0.15, 0.2) is 18.2 Å². The predicted octanol–water partition coefficient (Wildman–Crippen LogP) is 3.44. The number of hydrogen-bond acceptors (Lipinski definition) is 1. The van der Waals surface area contributed by atoms with Gasteiger partial charge in [-0.3, -0.25) is 4.79 Å². The summed E-state index contributed by atoms with van der Waals surface area (Å²) >= 11 is 11.7. The maximum absolute atomic E-state index is 11.8. The Morgan fingerprint density at radius 2 is 2.27 bits per heavy atom. The van der Waals surface area contributed by atoms with Crippen LogP contribution in [0.4, 0.5) is 5.69 Å². The Morgan fingerprint density at radius 3 is 2.80 bits per heavy atom. The van der Waals surface area contributed by atoms with E-state index in [1.165, 1.54) is 0 Å². The average Bonchev–Trinajstić information content (AvgIpc) is 2.49. The minimum atomic E-state index is -0.0622. The van der Waals surface area contributed by atoms with Crippen LogP contribution in [0.1, 0.15) is 6.42 Å². The molecule has 0 N–H and O–H groups in total. The van der Waals surface area contributed by atoms with Crippen molar-refractivity contribution in [1.29, 1.82) is 0 Å². The van der Waals surface area contributed by atoms with Crippen LogP contribution < -0.4 is 4.90 Å². The molecule has 0 spiro atoms. The largest absolute Gasteiger partial charge is 0.310 e. The molecule has 1 unspecified atom stereocenters. The molecule has 1 saturated heterocycles. The molecule has 0 aromatic heterocycles. The minimum absolute atomic E-state index is 0.0622. The zero-order valence-corrected chi connectivity index (χ0v) is 12.2. The number of anilines is 1. The standard InChI is InChI=1S/C10H8BrClINO/c11-7-3-4-14(10(7)15)9-2-1-6(13)5-8(9)12/h1-2,5,7H,3-4H2. The van der Waals surface area contributed by atoms with E-state index in [2.05, 4.69) is 38.5 Å². The fraction of sp³-hybridized carbons (Fsp3) is 0.300. The number of benzene rings is 1. The van der Waals surface area contributed by atoms with Crippen molar-refractivity contribution in [1.82, 2.24) is 0 Å². The van der Waals surface area contributed by atoms with Crippen LogP contribution in [-0.2, 0) is 4.79 Å². The molecule has 1 fully saturated rings. The maximum Gasteiger partial charge on any atom is 0.240 e. The fourth-order valence-electron chi connectivity index (χ4n) is 1.58. The second kappa shape index (κ2) is 4.59. The lowest BCUT2D eigenvalue weighted by Gasteiger charge is -2.17. The number of halogens is 3. The summed E-state index contributed by atoms with van der Waals surface area (Å²) in [4.78, 5) is 13.4. The zero-order chi connectivity index (χ0) is 11.0. The summed E-state index contributed by atoms with van der Waals surface area (Å²) in [6.45, 7) is 0.731. The third-order valence-electron chi connectivity index (χ3n) is 2.34. The van der Waals surface area contributed by atoms with Gasteiger partial charge in [0.05, 0.1) is 15.5 Å². The van der Waals surface area contributed by atoms with E-state index in [-0.39, 0.29) is 10.7 Å². The SMILES string of the molecule is O=C1C(Br)CCN1c1ccc(I)cc1Cl. The highest BCUT2D eigenvalue weighted by Gasteiger charge is 2.31. The molecular formula is C10H8BrClINO. The summed E-state index contributed by atoms with van der Waals surface area (Å²) in [5.74, 6) is 0.0955. The molecule has 0 aliphatic carbocycles. The van der Waals surface area contributed by atoms with E-state index in [1.807, 2.05) is 18.2 Å². The number of amides is 1. The van der Waals surface area contributed by atoms with E-state index < -0.39 is 0 Å². The topological polar surface area (TPSA) is 20.3 Å². The van der Waals surface area contributed by atoms with Crippen LogP contribution in [0.2, 0.25) is 5.02 Å². The molecule has 80 valence electrons. The average molecular weight is 400 g/mol. The van der Waals surface area contributed by atoms with E-state index in [9.17, 15) is 4.79 Å². The first-order valence-electron chi connectivity index (χ1n) is 4.50. The van der Waals surface area contributed by atoms with Gasteiger partial charge in [-0.2, -0.15) is 0 Å². The predicted molar refractivity (Wildman–Crippen MR) is 73.9 cm³/mol. The molecule has 5 heteroatoms. The highest BCUT2D eigenvalue weighted by molar-refractivity contribution is 14.1. The lowest BCUT2D eigenvalue weighted by molar-refractivity contribution is -0.116. The number of carbonyl (C=O) groups is 1. The Bertz CT molecular complexity index is 412. The van der Waals surface area contributed by atoms with Crippen LogP contribution in [0.25, 0.3) is 0 Å². The van der Waals surface area contributed by atoms with Crippen LogP contribution in [-0.4, -0.2) is 17.3 Å². The van der Waals surface area contributed by atoms with Gasteiger partial charge in [-0.1, -0.05) is 27.5 Å². The van der Waals surface area contributed by atoms with Gasteiger partial charge < -0.3 is 4.90 Å². The summed E-state index contributed by atoms with van der Waals surface area (Å²) in [7, 11) is 0. The number of alkyl halides is 1. The second-order valence-electron chi connectivity index (χ2n) is 3.34. The van der Waals surface area contributed by atoms with Crippen molar-refractivity contribution in [3.63, 3.8) is 0 Å². The Hall–Kier alpha value is 0.190. The summed E-state index contributed by atoms with van der Waals surface area (Å²) in [6.07, 6.45) is 0.834. The summed E-state index contributed by atoms with van der Waals surface area (Å²) in [5.41, 5.74) is 0.809. The molecule has 1 aromatic rings. The van der Waals surface area contributed by atoms with Crippen molar-refractivity contribution in [2.75, 3.05) is 11.4 Å². The minimum Gasteiger partial charge on any atom is -0.310 e. The molecule has 1 aromatic carbocycles. The molecule has 2 nitrogen and oxygen atoms in total. The summed E-state index contributed by atoms with van der Waals surface area (Å²) in [5, 5.41) is 0.636. The Labute approximate surface area is 115 Å². The van der Waals surface area contributed by atoms with Crippen LogP contribution in [0.5, 0.6) is 0 Å². The number of hydrogen-bond donors (Lipinski definition) is 0. The van der Waals surface area contributed by atoms with Gasteiger partial charge in [0.1, 0.15) is 0 Å². The van der Waals surface area contributed by atoms with Gasteiger partial charge in [-0.15, -0.1) is 0 Å². The molecule has 1 heterocycles. The zero-order valence-electron chi connectivity index (χ0n) is 7.71. The quantitative estimate of drug-likeness (QED) is 0.522. The molecule has 0 radical (unpaired) electrons. The number of nitrogens with zero attached hydrogens (tertiary/aromatic N) is 1. The number of carbonyl (C=O) groups excluding carboxylic acids is 1. The molecule has 0 saturated carbocycles. The van der Waals surface area contributed by atoms with E-state index in [1.54, 1.807) is 4.90 Å². The van der Waals surface area contributed by atoms with E-state index in [0.717, 1.165) is 22.2 Å². The van der Waals surface area contributed by atoms with E-state index in [4.69, 9.17) is 11.6 Å². The first-order chi connectivity index (χ1) is 7.09. The van der Waals surface area contributed by atoms with Crippen LogP contribution in [0, 0.1) is 3.57 Å². The van der Waals surface area contributed by atoms with Crippen LogP contribution in [0.3, 0.4) is 0 Å². The Kier molecular flexibility index (Phi) is 3.57. The molecule has 15 heavy (non-hydrogen) atoms. The first kappa shape index (κ1) is 11.7. The van der Waals surface area contributed by atoms with Gasteiger partial charge in [-0.05, 0) is 47.2 Å². The van der Waals surface area contributed by atoms with Crippen LogP contribution >= 0.6 is 50.1 Å². The van der Waals surface area contributed by atoms with Crippen molar-refractivity contribution >= 4 is 61.7 Å². The van der Waals surface area contributed by atoms with Crippen molar-refractivity contribution < 1.29 is 4.79 Å². The number of rotatable bonds is 1. The lowest BCUT2D eigenvalue weighted by atomic mass is 10.3. The second-order valence-corrected chi connectivity index (χ2v) is 6.10.